The summed E-state index contributed by atoms with van der Waals surface area (Å²) in [5.74, 6) is -0.209. The first-order valence-corrected chi connectivity index (χ1v) is 11.2. The lowest BCUT2D eigenvalue weighted by Gasteiger charge is -2.13. The summed E-state index contributed by atoms with van der Waals surface area (Å²) in [6, 6.07) is 4.24. The molecule has 32 heavy (non-hydrogen) atoms. The van der Waals surface area contributed by atoms with Crippen LogP contribution in [0.2, 0.25) is 0 Å². The van der Waals surface area contributed by atoms with E-state index in [-0.39, 0.29) is 28.5 Å². The van der Waals surface area contributed by atoms with Crippen molar-refractivity contribution in [3.63, 3.8) is 0 Å². The number of allylic oxidation sites excluding steroid dienone is 1. The Kier molecular flexibility index (Phi) is 8.04. The largest absolute Gasteiger partial charge is 0.465 e. The number of methoxy groups -OCH3 is 2. The summed E-state index contributed by atoms with van der Waals surface area (Å²) >= 11 is 1.25. The van der Waals surface area contributed by atoms with E-state index >= 15 is 0 Å². The molecular weight excluding hydrogens is 432 g/mol. The van der Waals surface area contributed by atoms with Gasteiger partial charge in [0.1, 0.15) is 5.82 Å². The molecule has 1 heterocycles. The van der Waals surface area contributed by atoms with Crippen LogP contribution in [0.3, 0.4) is 0 Å². The first-order valence-electron chi connectivity index (χ1n) is 10.3. The zero-order valence-electron chi connectivity index (χ0n) is 18.1. The molecule has 1 fully saturated rings. The van der Waals surface area contributed by atoms with Crippen molar-refractivity contribution in [3.05, 3.63) is 47.8 Å². The minimum Gasteiger partial charge on any atom is -0.465 e. The van der Waals surface area contributed by atoms with Gasteiger partial charge in [-0.25, -0.2) is 9.59 Å². The number of thioether (sulfide) groups is 1. The van der Waals surface area contributed by atoms with E-state index in [2.05, 4.69) is 22.1 Å². The van der Waals surface area contributed by atoms with E-state index in [1.54, 1.807) is 6.08 Å². The lowest BCUT2D eigenvalue weighted by Crippen LogP contribution is -2.18. The van der Waals surface area contributed by atoms with Crippen molar-refractivity contribution in [2.75, 3.05) is 25.3 Å². The molecular formula is C22H26N4O5S. The molecule has 0 saturated heterocycles. The van der Waals surface area contributed by atoms with Crippen molar-refractivity contribution in [2.24, 2.45) is 0 Å². The van der Waals surface area contributed by atoms with Gasteiger partial charge >= 0.3 is 11.9 Å². The van der Waals surface area contributed by atoms with Gasteiger partial charge in [-0.1, -0.05) is 30.7 Å². The van der Waals surface area contributed by atoms with Crippen molar-refractivity contribution in [1.29, 1.82) is 0 Å². The third-order valence-corrected chi connectivity index (χ3v) is 6.20. The third-order valence-electron chi connectivity index (χ3n) is 5.23. The first kappa shape index (κ1) is 23.5. The fraction of sp³-hybridized carbons (Fsp3) is 0.409. The summed E-state index contributed by atoms with van der Waals surface area (Å²) in [5.41, 5.74) is 0.511. The van der Waals surface area contributed by atoms with Gasteiger partial charge in [0.2, 0.25) is 5.91 Å². The first-order chi connectivity index (χ1) is 15.5. The highest BCUT2D eigenvalue weighted by atomic mass is 32.2. The van der Waals surface area contributed by atoms with Gasteiger partial charge in [-0.15, -0.1) is 16.8 Å². The average molecular weight is 459 g/mol. The van der Waals surface area contributed by atoms with Crippen molar-refractivity contribution in [3.8, 4) is 0 Å². The van der Waals surface area contributed by atoms with Crippen molar-refractivity contribution >= 4 is 35.3 Å². The second kappa shape index (κ2) is 10.9. The number of anilines is 1. The topological polar surface area (TPSA) is 112 Å². The summed E-state index contributed by atoms with van der Waals surface area (Å²) in [7, 11) is 2.50. The monoisotopic (exact) mass is 458 g/mol. The Labute approximate surface area is 190 Å². The zero-order chi connectivity index (χ0) is 23.1. The van der Waals surface area contributed by atoms with Crippen LogP contribution in [0.25, 0.3) is 0 Å². The van der Waals surface area contributed by atoms with E-state index in [0.717, 1.165) is 18.7 Å². The van der Waals surface area contributed by atoms with Crippen LogP contribution >= 0.6 is 11.8 Å². The van der Waals surface area contributed by atoms with Crippen LogP contribution in [0.4, 0.5) is 5.69 Å². The molecule has 0 spiro atoms. The maximum atomic E-state index is 12.7. The number of amides is 1. The number of carbonyl (C=O) groups excluding carboxylic acids is 3. The number of benzene rings is 1. The summed E-state index contributed by atoms with van der Waals surface area (Å²) in [6.45, 7) is 4.38. The zero-order valence-corrected chi connectivity index (χ0v) is 18.9. The predicted molar refractivity (Wildman–Crippen MR) is 120 cm³/mol. The number of rotatable bonds is 9. The molecule has 1 aromatic carbocycles. The van der Waals surface area contributed by atoms with Gasteiger partial charge in [-0.3, -0.25) is 4.79 Å². The lowest BCUT2D eigenvalue weighted by molar-refractivity contribution is -0.113. The Morgan fingerprint density at radius 1 is 1.19 bits per heavy atom. The van der Waals surface area contributed by atoms with Crippen LogP contribution in [0, 0.1) is 0 Å². The van der Waals surface area contributed by atoms with E-state index in [9.17, 15) is 14.4 Å². The predicted octanol–water partition coefficient (Wildman–Crippen LogP) is 3.43. The number of hydrogen-bond donors (Lipinski definition) is 1. The minimum absolute atomic E-state index is 0.0447. The Morgan fingerprint density at radius 3 is 2.56 bits per heavy atom. The van der Waals surface area contributed by atoms with Crippen LogP contribution in [0.15, 0.2) is 36.0 Å². The molecule has 9 nitrogen and oxygen atoms in total. The molecule has 1 aliphatic rings. The van der Waals surface area contributed by atoms with Gasteiger partial charge in [0, 0.05) is 12.5 Å². The lowest BCUT2D eigenvalue weighted by atomic mass is 10.1. The summed E-state index contributed by atoms with van der Waals surface area (Å²) in [5, 5.41) is 12.0. The Morgan fingerprint density at radius 2 is 1.91 bits per heavy atom. The Bertz CT molecular complexity index is 1010. The molecule has 0 bridgehead atoms. The number of nitrogens with one attached hydrogen (secondary N) is 1. The van der Waals surface area contributed by atoms with Crippen LogP contribution in [-0.2, 0) is 20.8 Å². The van der Waals surface area contributed by atoms with Crippen LogP contribution < -0.4 is 5.32 Å². The van der Waals surface area contributed by atoms with E-state index in [1.807, 2.05) is 4.57 Å². The molecule has 1 aromatic heterocycles. The number of aromatic nitrogens is 3. The van der Waals surface area contributed by atoms with Crippen LogP contribution in [-0.4, -0.2) is 52.6 Å². The van der Waals surface area contributed by atoms with Gasteiger partial charge in [-0.2, -0.15) is 0 Å². The highest BCUT2D eigenvalue weighted by molar-refractivity contribution is 7.99. The molecule has 0 atom stereocenters. The standard InChI is InChI=1S/C22H26N4O5S/c1-4-11-26-19(14-7-5-6-8-14)24-25-22(26)32-13-18(27)23-17-12-15(20(28)30-2)9-10-16(17)21(29)31-3/h4,9-10,12,14H,1,5-8,11,13H2,2-3H3,(H,23,27). The van der Waals surface area contributed by atoms with E-state index in [0.29, 0.717) is 17.6 Å². The fourth-order valence-electron chi connectivity index (χ4n) is 3.69. The van der Waals surface area contributed by atoms with E-state index in [1.165, 1.54) is 57.0 Å². The van der Waals surface area contributed by atoms with Gasteiger partial charge in [0.15, 0.2) is 5.16 Å². The maximum Gasteiger partial charge on any atom is 0.339 e. The second-order valence-electron chi connectivity index (χ2n) is 7.30. The molecule has 170 valence electrons. The molecule has 1 aliphatic carbocycles. The fourth-order valence-corrected chi connectivity index (χ4v) is 4.45. The van der Waals surface area contributed by atoms with Crippen LogP contribution in [0.1, 0.15) is 58.1 Å². The minimum atomic E-state index is -0.628. The molecule has 1 N–H and O–H groups in total. The van der Waals surface area contributed by atoms with Gasteiger partial charge in [0.25, 0.3) is 0 Å². The number of esters is 2. The van der Waals surface area contributed by atoms with Crippen molar-refractivity contribution in [1.82, 2.24) is 14.8 Å². The molecule has 10 heteroatoms. The smallest absolute Gasteiger partial charge is 0.339 e. The average Bonchev–Trinajstić information content (AvgIpc) is 3.47. The molecule has 3 rings (SSSR count). The molecule has 0 radical (unpaired) electrons. The second-order valence-corrected chi connectivity index (χ2v) is 8.24. The molecule has 0 aliphatic heterocycles. The summed E-state index contributed by atoms with van der Waals surface area (Å²) < 4.78 is 11.5. The number of nitrogens with zero attached hydrogens (tertiary/aromatic N) is 3. The quantitative estimate of drug-likeness (QED) is 0.346. The van der Waals surface area contributed by atoms with Crippen molar-refractivity contribution in [2.45, 2.75) is 43.3 Å². The van der Waals surface area contributed by atoms with E-state index < -0.39 is 11.9 Å². The molecule has 2 aromatic rings. The van der Waals surface area contributed by atoms with E-state index in [4.69, 9.17) is 9.47 Å². The van der Waals surface area contributed by atoms with Gasteiger partial charge in [-0.05, 0) is 31.0 Å². The third kappa shape index (κ3) is 5.37. The molecule has 0 unspecified atom stereocenters. The van der Waals surface area contributed by atoms with Crippen LogP contribution in [0.5, 0.6) is 0 Å². The maximum absolute atomic E-state index is 12.7. The van der Waals surface area contributed by atoms with Gasteiger partial charge in [0.05, 0.1) is 36.8 Å². The number of carbonyl (C=O) groups is 3. The SMILES string of the molecule is C=CCn1c(SCC(=O)Nc2cc(C(=O)OC)ccc2C(=O)OC)nnc1C1CCCC1. The summed E-state index contributed by atoms with van der Waals surface area (Å²) in [6.07, 6.45) is 6.33. The highest BCUT2D eigenvalue weighted by Crippen LogP contribution is 2.34. The Hall–Kier alpha value is -3.14. The highest BCUT2D eigenvalue weighted by Gasteiger charge is 2.25. The summed E-state index contributed by atoms with van der Waals surface area (Å²) in [4.78, 5) is 36.6. The van der Waals surface area contributed by atoms with Gasteiger partial charge < -0.3 is 19.4 Å². The van der Waals surface area contributed by atoms with Crippen molar-refractivity contribution < 1.29 is 23.9 Å². The Balaban J connectivity index is 1.74. The number of hydrogen-bond acceptors (Lipinski definition) is 8. The number of ether oxygens (including phenoxy) is 2. The molecule has 1 amide bonds. The normalized spacial score (nSPS) is 13.6. The molecule has 1 saturated carbocycles.